The Bertz CT molecular complexity index is 616. The summed E-state index contributed by atoms with van der Waals surface area (Å²) >= 11 is 0. The Labute approximate surface area is 119 Å². The molecule has 0 aliphatic rings. The molecule has 0 fully saturated rings. The standard InChI is InChI=1S/C16H22N2O2/c1-4-14-12(10-13(17)16(19)20-5-2)11-8-6-7-9-15(11)18(14)3/h6-9,13H,4-5,10,17H2,1-3H3. The molecule has 0 aliphatic carbocycles. The molecule has 1 heterocycles. The average molecular weight is 274 g/mol. The van der Waals surface area contributed by atoms with Gasteiger partial charge in [0.05, 0.1) is 6.61 Å². The summed E-state index contributed by atoms with van der Waals surface area (Å²) in [4.78, 5) is 11.7. The minimum absolute atomic E-state index is 0.331. The maximum Gasteiger partial charge on any atom is 0.323 e. The fourth-order valence-corrected chi connectivity index (χ4v) is 2.76. The molecule has 2 aromatic rings. The van der Waals surface area contributed by atoms with E-state index in [1.807, 2.05) is 12.1 Å². The monoisotopic (exact) mass is 274 g/mol. The number of hydrogen-bond acceptors (Lipinski definition) is 3. The van der Waals surface area contributed by atoms with Gasteiger partial charge in [-0.25, -0.2) is 0 Å². The van der Waals surface area contributed by atoms with Crippen LogP contribution in [0.25, 0.3) is 10.9 Å². The quantitative estimate of drug-likeness (QED) is 0.850. The van der Waals surface area contributed by atoms with Crippen LogP contribution in [-0.4, -0.2) is 23.2 Å². The molecule has 1 atom stereocenters. The van der Waals surface area contributed by atoms with Crippen LogP contribution in [0.15, 0.2) is 24.3 Å². The van der Waals surface area contributed by atoms with E-state index in [1.165, 1.54) is 16.6 Å². The van der Waals surface area contributed by atoms with Crippen LogP contribution in [0.4, 0.5) is 0 Å². The van der Waals surface area contributed by atoms with E-state index in [0.717, 1.165) is 12.0 Å². The molecule has 108 valence electrons. The number of nitrogens with two attached hydrogens (primary N) is 1. The van der Waals surface area contributed by atoms with Crippen molar-refractivity contribution in [2.45, 2.75) is 32.7 Å². The molecule has 0 bridgehead atoms. The molecule has 0 amide bonds. The number of rotatable bonds is 5. The Balaban J connectivity index is 2.40. The van der Waals surface area contributed by atoms with Gasteiger partial charge in [0.2, 0.25) is 0 Å². The van der Waals surface area contributed by atoms with E-state index in [2.05, 4.69) is 30.7 Å². The van der Waals surface area contributed by atoms with Crippen molar-refractivity contribution in [3.8, 4) is 0 Å². The van der Waals surface area contributed by atoms with Crippen LogP contribution in [0.2, 0.25) is 0 Å². The average Bonchev–Trinajstić information content (AvgIpc) is 2.72. The van der Waals surface area contributed by atoms with E-state index in [-0.39, 0.29) is 5.97 Å². The number of aromatic nitrogens is 1. The van der Waals surface area contributed by atoms with Crippen molar-refractivity contribution in [3.05, 3.63) is 35.5 Å². The van der Waals surface area contributed by atoms with E-state index in [9.17, 15) is 4.79 Å². The number of carbonyl (C=O) groups excluding carboxylic acids is 1. The van der Waals surface area contributed by atoms with Crippen molar-refractivity contribution in [1.82, 2.24) is 4.57 Å². The fourth-order valence-electron chi connectivity index (χ4n) is 2.76. The van der Waals surface area contributed by atoms with Gasteiger partial charge >= 0.3 is 5.97 Å². The first-order valence-electron chi connectivity index (χ1n) is 7.07. The number of para-hydroxylation sites is 1. The third-order valence-corrected chi connectivity index (χ3v) is 3.69. The molecule has 0 saturated carbocycles. The van der Waals surface area contributed by atoms with E-state index >= 15 is 0 Å². The minimum atomic E-state index is -0.606. The second kappa shape index (κ2) is 6.09. The van der Waals surface area contributed by atoms with E-state index in [4.69, 9.17) is 10.5 Å². The summed E-state index contributed by atoms with van der Waals surface area (Å²) in [6, 6.07) is 7.61. The van der Waals surface area contributed by atoms with Crippen molar-refractivity contribution in [3.63, 3.8) is 0 Å². The van der Waals surface area contributed by atoms with Crippen molar-refractivity contribution < 1.29 is 9.53 Å². The van der Waals surface area contributed by atoms with Gasteiger partial charge in [-0.05, 0) is 25.0 Å². The second-order valence-electron chi connectivity index (χ2n) is 4.92. The zero-order valence-electron chi connectivity index (χ0n) is 12.3. The molecule has 1 aromatic carbocycles. The van der Waals surface area contributed by atoms with Gasteiger partial charge < -0.3 is 15.0 Å². The summed E-state index contributed by atoms with van der Waals surface area (Å²) in [5.74, 6) is -0.331. The molecule has 2 rings (SSSR count). The summed E-state index contributed by atoms with van der Waals surface area (Å²) in [5, 5.41) is 1.17. The van der Waals surface area contributed by atoms with Crippen LogP contribution < -0.4 is 5.73 Å². The van der Waals surface area contributed by atoms with Gasteiger partial charge in [0.25, 0.3) is 0 Å². The zero-order chi connectivity index (χ0) is 14.7. The number of esters is 1. The van der Waals surface area contributed by atoms with E-state index in [1.54, 1.807) is 6.92 Å². The molecule has 1 aromatic heterocycles. The van der Waals surface area contributed by atoms with Crippen LogP contribution in [0.5, 0.6) is 0 Å². The maximum atomic E-state index is 11.7. The Kier molecular flexibility index (Phi) is 4.45. The molecule has 0 saturated heterocycles. The molecular formula is C16H22N2O2. The highest BCUT2D eigenvalue weighted by Crippen LogP contribution is 2.26. The summed E-state index contributed by atoms with van der Waals surface area (Å²) < 4.78 is 7.18. The van der Waals surface area contributed by atoms with Crippen LogP contribution in [0.3, 0.4) is 0 Å². The summed E-state index contributed by atoms with van der Waals surface area (Å²) in [5.41, 5.74) is 9.54. The molecule has 4 nitrogen and oxygen atoms in total. The fraction of sp³-hybridized carbons (Fsp3) is 0.438. The number of nitrogens with zero attached hydrogens (tertiary/aromatic N) is 1. The van der Waals surface area contributed by atoms with Gasteiger partial charge in [0.1, 0.15) is 6.04 Å². The van der Waals surface area contributed by atoms with Gasteiger partial charge in [-0.1, -0.05) is 25.1 Å². The highest BCUT2D eigenvalue weighted by molar-refractivity contribution is 5.86. The summed E-state index contributed by atoms with van der Waals surface area (Å²) in [6.07, 6.45) is 1.43. The first-order valence-corrected chi connectivity index (χ1v) is 7.07. The van der Waals surface area contributed by atoms with Crippen LogP contribution in [0, 0.1) is 0 Å². The lowest BCUT2D eigenvalue weighted by Crippen LogP contribution is -2.34. The Morgan fingerprint density at radius 2 is 2.05 bits per heavy atom. The minimum Gasteiger partial charge on any atom is -0.465 e. The third-order valence-electron chi connectivity index (χ3n) is 3.69. The molecule has 0 radical (unpaired) electrons. The van der Waals surface area contributed by atoms with Crippen molar-refractivity contribution in [1.29, 1.82) is 0 Å². The number of ether oxygens (including phenoxy) is 1. The first kappa shape index (κ1) is 14.6. The maximum absolute atomic E-state index is 11.7. The van der Waals surface area contributed by atoms with Gasteiger partial charge in [-0.15, -0.1) is 0 Å². The number of fused-ring (bicyclic) bond motifs is 1. The highest BCUT2D eigenvalue weighted by Gasteiger charge is 2.20. The molecule has 0 aliphatic heterocycles. The van der Waals surface area contributed by atoms with Crippen molar-refractivity contribution in [2.75, 3.05) is 6.61 Å². The second-order valence-corrected chi connectivity index (χ2v) is 4.92. The highest BCUT2D eigenvalue weighted by atomic mass is 16.5. The van der Waals surface area contributed by atoms with Gasteiger partial charge in [-0.2, -0.15) is 0 Å². The molecule has 1 unspecified atom stereocenters. The van der Waals surface area contributed by atoms with Crippen LogP contribution >= 0.6 is 0 Å². The van der Waals surface area contributed by atoms with E-state index in [0.29, 0.717) is 13.0 Å². The van der Waals surface area contributed by atoms with Crippen LogP contribution in [0.1, 0.15) is 25.1 Å². The lowest BCUT2D eigenvalue weighted by atomic mass is 10.0. The van der Waals surface area contributed by atoms with Gasteiger partial charge in [0, 0.05) is 30.1 Å². The zero-order valence-corrected chi connectivity index (χ0v) is 12.3. The van der Waals surface area contributed by atoms with Crippen molar-refractivity contribution in [2.24, 2.45) is 12.8 Å². The molecule has 2 N–H and O–H groups in total. The third kappa shape index (κ3) is 2.56. The van der Waals surface area contributed by atoms with Gasteiger partial charge in [0.15, 0.2) is 0 Å². The normalized spacial score (nSPS) is 12.6. The number of aryl methyl sites for hydroxylation is 1. The predicted octanol–water partition coefficient (Wildman–Crippen LogP) is 2.17. The molecule has 20 heavy (non-hydrogen) atoms. The van der Waals surface area contributed by atoms with Crippen molar-refractivity contribution >= 4 is 16.9 Å². The Morgan fingerprint density at radius 1 is 1.35 bits per heavy atom. The van der Waals surface area contributed by atoms with E-state index < -0.39 is 6.04 Å². The lowest BCUT2D eigenvalue weighted by Gasteiger charge is -2.12. The number of benzene rings is 1. The number of carbonyl (C=O) groups is 1. The lowest BCUT2D eigenvalue weighted by molar-refractivity contribution is -0.144. The SMILES string of the molecule is CCOC(=O)C(N)Cc1c(CC)n(C)c2ccccc12. The van der Waals surface area contributed by atoms with Crippen LogP contribution in [-0.2, 0) is 29.4 Å². The Morgan fingerprint density at radius 3 is 2.70 bits per heavy atom. The first-order chi connectivity index (χ1) is 9.60. The molecule has 0 spiro atoms. The topological polar surface area (TPSA) is 57.2 Å². The number of hydrogen-bond donors (Lipinski definition) is 1. The van der Waals surface area contributed by atoms with Gasteiger partial charge in [-0.3, -0.25) is 4.79 Å². The predicted molar refractivity (Wildman–Crippen MR) is 80.6 cm³/mol. The molecule has 4 heteroatoms. The summed E-state index contributed by atoms with van der Waals surface area (Å²) in [6.45, 7) is 4.27. The largest absolute Gasteiger partial charge is 0.465 e. The molecular weight excluding hydrogens is 252 g/mol. The summed E-state index contributed by atoms with van der Waals surface area (Å²) in [7, 11) is 2.06. The Hall–Kier alpha value is -1.81. The smallest absolute Gasteiger partial charge is 0.323 e.